The molecule has 0 aromatic rings. The maximum atomic E-state index is 3.49. The van der Waals surface area contributed by atoms with Crippen molar-refractivity contribution in [2.45, 2.75) is 25.3 Å². The zero-order valence-corrected chi connectivity index (χ0v) is 7.27. The van der Waals surface area contributed by atoms with Gasteiger partial charge in [0.2, 0.25) is 0 Å². The minimum atomic E-state index is 0.747. The van der Waals surface area contributed by atoms with Crippen molar-refractivity contribution < 1.29 is 0 Å². The molecule has 1 aliphatic heterocycles. The first-order valence-corrected chi connectivity index (χ1v) is 4.80. The van der Waals surface area contributed by atoms with Crippen molar-refractivity contribution in [1.82, 2.24) is 10.6 Å². The summed E-state index contributed by atoms with van der Waals surface area (Å²) >= 11 is 0. The van der Waals surface area contributed by atoms with Crippen LogP contribution in [-0.4, -0.2) is 26.2 Å². The summed E-state index contributed by atoms with van der Waals surface area (Å²) in [7, 11) is 2.09. The van der Waals surface area contributed by atoms with Crippen molar-refractivity contribution >= 4 is 0 Å². The summed E-state index contributed by atoms with van der Waals surface area (Å²) in [6, 6.07) is 0.747. The molecule has 2 heteroatoms. The molecule has 2 nitrogen and oxygen atoms in total. The number of nitrogens with one attached hydrogen (secondary N) is 2. The fraction of sp³-hybridized carbons (Fsp3) is 1.00. The van der Waals surface area contributed by atoms with Crippen molar-refractivity contribution in [1.29, 1.82) is 0 Å². The standard InChI is InChI=1S/C9H18N2/c1-10-9-6-11-5-4-7-2-3-8(7)9/h7-11H,2-6H2,1H3. The van der Waals surface area contributed by atoms with Crippen LogP contribution in [0.1, 0.15) is 19.3 Å². The molecule has 0 amide bonds. The summed E-state index contributed by atoms with van der Waals surface area (Å²) < 4.78 is 0. The first-order chi connectivity index (χ1) is 5.42. The predicted molar refractivity (Wildman–Crippen MR) is 46.5 cm³/mol. The van der Waals surface area contributed by atoms with E-state index in [4.69, 9.17) is 0 Å². The van der Waals surface area contributed by atoms with Gasteiger partial charge in [-0.3, -0.25) is 0 Å². The van der Waals surface area contributed by atoms with Gasteiger partial charge in [-0.15, -0.1) is 0 Å². The average Bonchev–Trinajstić information content (AvgIpc) is 2.10. The van der Waals surface area contributed by atoms with Crippen LogP contribution in [-0.2, 0) is 0 Å². The molecule has 2 aliphatic rings. The van der Waals surface area contributed by atoms with Gasteiger partial charge in [0.1, 0.15) is 0 Å². The van der Waals surface area contributed by atoms with Crippen LogP contribution < -0.4 is 10.6 Å². The van der Waals surface area contributed by atoms with E-state index in [2.05, 4.69) is 17.7 Å². The van der Waals surface area contributed by atoms with Gasteiger partial charge in [-0.1, -0.05) is 0 Å². The molecule has 0 aromatic heterocycles. The lowest BCUT2D eigenvalue weighted by atomic mass is 9.69. The first kappa shape index (κ1) is 7.56. The minimum Gasteiger partial charge on any atom is -0.315 e. The monoisotopic (exact) mass is 154 g/mol. The van der Waals surface area contributed by atoms with E-state index in [0.717, 1.165) is 17.9 Å². The van der Waals surface area contributed by atoms with Crippen molar-refractivity contribution in [3.8, 4) is 0 Å². The van der Waals surface area contributed by atoms with E-state index in [0.29, 0.717) is 0 Å². The number of rotatable bonds is 1. The zero-order valence-electron chi connectivity index (χ0n) is 7.27. The second kappa shape index (κ2) is 3.11. The van der Waals surface area contributed by atoms with E-state index in [1.54, 1.807) is 0 Å². The molecular formula is C9H18N2. The molecule has 0 spiro atoms. The lowest BCUT2D eigenvalue weighted by Gasteiger charge is -2.39. The van der Waals surface area contributed by atoms with Crippen LogP contribution >= 0.6 is 0 Å². The number of fused-ring (bicyclic) bond motifs is 1. The molecule has 1 heterocycles. The van der Waals surface area contributed by atoms with E-state index in [1.165, 1.54) is 32.4 Å². The molecule has 2 rings (SSSR count). The Labute approximate surface area is 68.7 Å². The largest absolute Gasteiger partial charge is 0.315 e. The van der Waals surface area contributed by atoms with Crippen LogP contribution in [0, 0.1) is 11.8 Å². The molecule has 3 unspecified atom stereocenters. The van der Waals surface area contributed by atoms with Crippen LogP contribution in [0.25, 0.3) is 0 Å². The molecular weight excluding hydrogens is 136 g/mol. The van der Waals surface area contributed by atoms with Crippen molar-refractivity contribution in [3.63, 3.8) is 0 Å². The minimum absolute atomic E-state index is 0.747. The van der Waals surface area contributed by atoms with Crippen LogP contribution in [0.3, 0.4) is 0 Å². The Kier molecular flexibility index (Phi) is 2.14. The quantitative estimate of drug-likeness (QED) is 0.578. The molecule has 1 saturated heterocycles. The van der Waals surface area contributed by atoms with Gasteiger partial charge in [0.15, 0.2) is 0 Å². The van der Waals surface area contributed by atoms with Gasteiger partial charge in [0.25, 0.3) is 0 Å². The Hall–Kier alpha value is -0.0800. The van der Waals surface area contributed by atoms with Gasteiger partial charge in [-0.2, -0.15) is 0 Å². The third-order valence-electron chi connectivity index (χ3n) is 3.42. The lowest BCUT2D eigenvalue weighted by molar-refractivity contribution is 0.137. The normalized spacial score (nSPS) is 43.9. The topological polar surface area (TPSA) is 24.1 Å². The molecule has 0 bridgehead atoms. The molecule has 11 heavy (non-hydrogen) atoms. The van der Waals surface area contributed by atoms with Gasteiger partial charge in [-0.25, -0.2) is 0 Å². The van der Waals surface area contributed by atoms with Gasteiger partial charge < -0.3 is 10.6 Å². The van der Waals surface area contributed by atoms with Crippen LogP contribution in [0.5, 0.6) is 0 Å². The Morgan fingerprint density at radius 1 is 1.27 bits per heavy atom. The Morgan fingerprint density at radius 3 is 2.82 bits per heavy atom. The highest BCUT2D eigenvalue weighted by Gasteiger charge is 2.36. The van der Waals surface area contributed by atoms with Gasteiger partial charge >= 0.3 is 0 Å². The second-order valence-corrected chi connectivity index (χ2v) is 3.89. The van der Waals surface area contributed by atoms with Crippen LogP contribution in [0.2, 0.25) is 0 Å². The molecule has 2 N–H and O–H groups in total. The van der Waals surface area contributed by atoms with E-state index >= 15 is 0 Å². The Balaban J connectivity index is 1.97. The molecule has 2 fully saturated rings. The van der Waals surface area contributed by atoms with Crippen molar-refractivity contribution in [2.24, 2.45) is 11.8 Å². The lowest BCUT2D eigenvalue weighted by Crippen LogP contribution is -2.45. The molecule has 1 saturated carbocycles. The highest BCUT2D eigenvalue weighted by Crippen LogP contribution is 2.39. The maximum absolute atomic E-state index is 3.49. The van der Waals surface area contributed by atoms with E-state index in [1.807, 2.05) is 0 Å². The number of likely N-dealkylation sites (N-methyl/N-ethyl adjacent to an activating group) is 1. The maximum Gasteiger partial charge on any atom is 0.0220 e. The average molecular weight is 154 g/mol. The van der Waals surface area contributed by atoms with Gasteiger partial charge in [0, 0.05) is 12.6 Å². The summed E-state index contributed by atoms with van der Waals surface area (Å²) in [4.78, 5) is 0. The summed E-state index contributed by atoms with van der Waals surface area (Å²) in [6.45, 7) is 2.41. The number of hydrogen-bond donors (Lipinski definition) is 2. The highest BCUT2D eigenvalue weighted by molar-refractivity contribution is 4.92. The van der Waals surface area contributed by atoms with Crippen molar-refractivity contribution in [3.05, 3.63) is 0 Å². The first-order valence-electron chi connectivity index (χ1n) is 4.80. The summed E-state index contributed by atoms with van der Waals surface area (Å²) in [5.41, 5.74) is 0. The Bertz CT molecular complexity index is 134. The molecule has 0 radical (unpaired) electrons. The number of hydrogen-bond acceptors (Lipinski definition) is 2. The highest BCUT2D eigenvalue weighted by atomic mass is 15.0. The molecule has 3 atom stereocenters. The second-order valence-electron chi connectivity index (χ2n) is 3.89. The fourth-order valence-electron chi connectivity index (χ4n) is 2.50. The van der Waals surface area contributed by atoms with Crippen molar-refractivity contribution in [2.75, 3.05) is 20.1 Å². The fourth-order valence-corrected chi connectivity index (χ4v) is 2.50. The summed E-state index contributed by atoms with van der Waals surface area (Å²) in [5, 5.41) is 6.90. The molecule has 1 aliphatic carbocycles. The molecule has 64 valence electrons. The molecule has 0 aromatic carbocycles. The SMILES string of the molecule is CNC1CNCCC2CCC21. The Morgan fingerprint density at radius 2 is 2.18 bits per heavy atom. The third kappa shape index (κ3) is 1.30. The third-order valence-corrected chi connectivity index (χ3v) is 3.42. The van der Waals surface area contributed by atoms with E-state index < -0.39 is 0 Å². The predicted octanol–water partition coefficient (Wildman–Crippen LogP) is 0.594. The summed E-state index contributed by atoms with van der Waals surface area (Å²) in [6.07, 6.45) is 4.34. The van der Waals surface area contributed by atoms with Crippen LogP contribution in [0.4, 0.5) is 0 Å². The van der Waals surface area contributed by atoms with Gasteiger partial charge in [-0.05, 0) is 44.7 Å². The van der Waals surface area contributed by atoms with E-state index in [-0.39, 0.29) is 0 Å². The summed E-state index contributed by atoms with van der Waals surface area (Å²) in [5.74, 6) is 2.01. The van der Waals surface area contributed by atoms with E-state index in [9.17, 15) is 0 Å². The smallest absolute Gasteiger partial charge is 0.0220 e. The zero-order chi connectivity index (χ0) is 7.68. The van der Waals surface area contributed by atoms with Crippen LogP contribution in [0.15, 0.2) is 0 Å². The van der Waals surface area contributed by atoms with Gasteiger partial charge in [0.05, 0.1) is 0 Å².